The molecule has 1 aliphatic heterocycles. The maximum Gasteiger partial charge on any atom is 0.330 e. The largest absolute Gasteiger partial charge is 0.478 e. The van der Waals surface area contributed by atoms with Crippen molar-refractivity contribution in [2.75, 3.05) is 0 Å². The van der Waals surface area contributed by atoms with Gasteiger partial charge in [0.1, 0.15) is 5.60 Å². The van der Waals surface area contributed by atoms with Gasteiger partial charge in [0.25, 0.3) is 0 Å². The highest BCUT2D eigenvalue weighted by atomic mass is 16.6. The Kier molecular flexibility index (Phi) is 2.44. The Bertz CT molecular complexity index is 427. The molecular formula is C15H22O3. The van der Waals surface area contributed by atoms with Crippen LogP contribution in [0.15, 0.2) is 11.6 Å². The molecule has 1 N–H and O–H groups in total. The lowest BCUT2D eigenvalue weighted by Crippen LogP contribution is -2.41. The van der Waals surface area contributed by atoms with E-state index in [1.165, 1.54) is 12.8 Å². The van der Waals surface area contributed by atoms with E-state index in [1.54, 1.807) is 6.92 Å². The van der Waals surface area contributed by atoms with Gasteiger partial charge in [-0.25, -0.2) is 4.79 Å². The number of carboxylic acid groups (broad SMARTS) is 1. The van der Waals surface area contributed by atoms with Gasteiger partial charge < -0.3 is 9.84 Å². The zero-order chi connectivity index (χ0) is 13.1. The molecule has 1 saturated heterocycles. The molecule has 5 unspecified atom stereocenters. The standard InChI is InChI=1S/C15H22O3/c1-9-4-5-11(8-10(2)13(16)17)15-12(9)6-7-14(15,3)18-15/h8-9,11-12H,4-7H2,1-3H3,(H,16,17). The summed E-state index contributed by atoms with van der Waals surface area (Å²) in [6.45, 7) is 6.23. The molecule has 100 valence electrons. The molecular weight excluding hydrogens is 228 g/mol. The Balaban J connectivity index is 1.93. The summed E-state index contributed by atoms with van der Waals surface area (Å²) in [5.41, 5.74) is 0.445. The summed E-state index contributed by atoms with van der Waals surface area (Å²) < 4.78 is 6.16. The van der Waals surface area contributed by atoms with Gasteiger partial charge >= 0.3 is 5.97 Å². The van der Waals surface area contributed by atoms with Crippen molar-refractivity contribution in [1.29, 1.82) is 0 Å². The maximum absolute atomic E-state index is 11.0. The fraction of sp³-hybridized carbons (Fsp3) is 0.800. The zero-order valence-corrected chi connectivity index (χ0v) is 11.4. The van der Waals surface area contributed by atoms with Crippen molar-refractivity contribution < 1.29 is 14.6 Å². The van der Waals surface area contributed by atoms with E-state index in [1.807, 2.05) is 6.08 Å². The summed E-state index contributed by atoms with van der Waals surface area (Å²) in [6.07, 6.45) is 6.60. The predicted octanol–water partition coefficient (Wildman–Crippen LogP) is 3.00. The summed E-state index contributed by atoms with van der Waals surface area (Å²) in [4.78, 5) is 11.0. The second-order valence-electron chi connectivity index (χ2n) is 6.59. The summed E-state index contributed by atoms with van der Waals surface area (Å²) in [6, 6.07) is 0. The molecule has 0 bridgehead atoms. The number of ether oxygens (including phenoxy) is 1. The molecule has 3 heteroatoms. The molecule has 5 atom stereocenters. The lowest BCUT2D eigenvalue weighted by Gasteiger charge is -2.37. The minimum Gasteiger partial charge on any atom is -0.478 e. The van der Waals surface area contributed by atoms with Crippen LogP contribution in [0.1, 0.15) is 46.5 Å². The summed E-state index contributed by atoms with van der Waals surface area (Å²) in [5, 5.41) is 9.06. The Morgan fingerprint density at radius 1 is 1.39 bits per heavy atom. The second-order valence-corrected chi connectivity index (χ2v) is 6.59. The highest BCUT2D eigenvalue weighted by Crippen LogP contribution is 2.70. The van der Waals surface area contributed by atoms with Crippen LogP contribution in [-0.4, -0.2) is 22.3 Å². The first-order valence-electron chi connectivity index (χ1n) is 7.02. The lowest BCUT2D eigenvalue weighted by molar-refractivity contribution is -0.132. The van der Waals surface area contributed by atoms with Crippen LogP contribution < -0.4 is 0 Å². The fourth-order valence-corrected chi connectivity index (χ4v) is 4.60. The topological polar surface area (TPSA) is 49.8 Å². The van der Waals surface area contributed by atoms with Crippen LogP contribution >= 0.6 is 0 Å². The van der Waals surface area contributed by atoms with E-state index < -0.39 is 5.97 Å². The van der Waals surface area contributed by atoms with Crippen molar-refractivity contribution in [3.8, 4) is 0 Å². The average Bonchev–Trinajstić information content (AvgIpc) is 2.79. The third-order valence-electron chi connectivity index (χ3n) is 5.62. The van der Waals surface area contributed by atoms with E-state index >= 15 is 0 Å². The highest BCUT2D eigenvalue weighted by molar-refractivity contribution is 5.85. The third-order valence-corrected chi connectivity index (χ3v) is 5.62. The molecule has 18 heavy (non-hydrogen) atoms. The summed E-state index contributed by atoms with van der Waals surface area (Å²) in [5.74, 6) is 0.826. The first-order chi connectivity index (χ1) is 8.41. The van der Waals surface area contributed by atoms with Crippen LogP contribution in [0.4, 0.5) is 0 Å². The quantitative estimate of drug-likeness (QED) is 0.605. The molecule has 1 spiro atoms. The van der Waals surface area contributed by atoms with Gasteiger partial charge in [0.05, 0.1) is 5.60 Å². The number of hydrogen-bond donors (Lipinski definition) is 1. The molecule has 3 nitrogen and oxygen atoms in total. The number of epoxide rings is 1. The van der Waals surface area contributed by atoms with Gasteiger partial charge in [0.2, 0.25) is 0 Å². The van der Waals surface area contributed by atoms with Gasteiger partial charge in [-0.15, -0.1) is 0 Å². The molecule has 2 aliphatic carbocycles. The van der Waals surface area contributed by atoms with E-state index in [4.69, 9.17) is 9.84 Å². The Hall–Kier alpha value is -0.830. The molecule has 0 aromatic rings. The highest BCUT2D eigenvalue weighted by Gasteiger charge is 2.77. The minimum atomic E-state index is -0.804. The number of aliphatic carboxylic acids is 1. The van der Waals surface area contributed by atoms with Gasteiger partial charge in [0, 0.05) is 11.5 Å². The van der Waals surface area contributed by atoms with Crippen molar-refractivity contribution in [2.45, 2.75) is 57.7 Å². The van der Waals surface area contributed by atoms with Gasteiger partial charge in [-0.1, -0.05) is 13.0 Å². The molecule has 0 amide bonds. The third kappa shape index (κ3) is 1.37. The van der Waals surface area contributed by atoms with Crippen LogP contribution in [0.25, 0.3) is 0 Å². The van der Waals surface area contributed by atoms with Gasteiger partial charge in [-0.3, -0.25) is 0 Å². The molecule has 0 aromatic heterocycles. The normalized spacial score (nSPS) is 50.6. The van der Waals surface area contributed by atoms with Crippen molar-refractivity contribution in [3.05, 3.63) is 11.6 Å². The molecule has 0 radical (unpaired) electrons. The fourth-order valence-electron chi connectivity index (χ4n) is 4.60. The van der Waals surface area contributed by atoms with Crippen molar-refractivity contribution in [2.24, 2.45) is 17.8 Å². The van der Waals surface area contributed by atoms with E-state index in [0.29, 0.717) is 23.3 Å². The first-order valence-corrected chi connectivity index (χ1v) is 7.02. The van der Waals surface area contributed by atoms with Crippen LogP contribution in [0, 0.1) is 17.8 Å². The lowest BCUT2D eigenvalue weighted by atomic mass is 9.65. The van der Waals surface area contributed by atoms with Crippen LogP contribution in [-0.2, 0) is 9.53 Å². The van der Waals surface area contributed by atoms with Crippen molar-refractivity contribution >= 4 is 5.97 Å². The van der Waals surface area contributed by atoms with E-state index in [-0.39, 0.29) is 11.2 Å². The van der Waals surface area contributed by atoms with Gasteiger partial charge in [-0.2, -0.15) is 0 Å². The zero-order valence-electron chi connectivity index (χ0n) is 11.4. The van der Waals surface area contributed by atoms with E-state index in [2.05, 4.69) is 13.8 Å². The molecule has 3 fully saturated rings. The Morgan fingerprint density at radius 2 is 2.11 bits per heavy atom. The van der Waals surface area contributed by atoms with Crippen molar-refractivity contribution in [3.63, 3.8) is 0 Å². The summed E-state index contributed by atoms with van der Waals surface area (Å²) in [7, 11) is 0. The number of rotatable bonds is 2. The van der Waals surface area contributed by atoms with E-state index in [9.17, 15) is 4.79 Å². The SMILES string of the molecule is CC(=CC1CCC(C)C2CCC3(C)OC123)C(=O)O. The second kappa shape index (κ2) is 3.60. The van der Waals surface area contributed by atoms with Gasteiger partial charge in [0.15, 0.2) is 0 Å². The molecule has 1 heterocycles. The Labute approximate surface area is 108 Å². The van der Waals surface area contributed by atoms with Crippen molar-refractivity contribution in [1.82, 2.24) is 0 Å². The number of carboxylic acids is 1. The Morgan fingerprint density at radius 3 is 2.72 bits per heavy atom. The summed E-state index contributed by atoms with van der Waals surface area (Å²) >= 11 is 0. The monoisotopic (exact) mass is 250 g/mol. The number of hydrogen-bond acceptors (Lipinski definition) is 2. The van der Waals surface area contributed by atoms with Crippen LogP contribution in [0.3, 0.4) is 0 Å². The average molecular weight is 250 g/mol. The first kappa shape index (κ1) is 12.2. The minimum absolute atomic E-state index is 0.0201. The molecule has 2 saturated carbocycles. The predicted molar refractivity (Wildman–Crippen MR) is 68.2 cm³/mol. The molecule has 3 rings (SSSR count). The number of carbonyl (C=O) groups is 1. The van der Waals surface area contributed by atoms with Gasteiger partial charge in [-0.05, 0) is 51.4 Å². The van der Waals surface area contributed by atoms with E-state index in [0.717, 1.165) is 12.8 Å². The maximum atomic E-state index is 11.0. The molecule has 3 aliphatic rings. The van der Waals surface area contributed by atoms with Crippen LogP contribution in [0.2, 0.25) is 0 Å². The smallest absolute Gasteiger partial charge is 0.330 e. The van der Waals surface area contributed by atoms with Crippen LogP contribution in [0.5, 0.6) is 0 Å². The molecule has 0 aromatic carbocycles.